The number of aliphatic imine (C=N–C) groups is 2. The van der Waals surface area contributed by atoms with Crippen molar-refractivity contribution in [3.8, 4) is 0 Å². The van der Waals surface area contributed by atoms with Crippen LogP contribution in [0.2, 0.25) is 0 Å². The van der Waals surface area contributed by atoms with Gasteiger partial charge in [-0.2, -0.15) is 0 Å². The highest BCUT2D eigenvalue weighted by Gasteiger charge is 2.14. The van der Waals surface area contributed by atoms with Crippen molar-refractivity contribution in [3.05, 3.63) is 35.9 Å². The van der Waals surface area contributed by atoms with Gasteiger partial charge in [-0.25, -0.2) is 9.98 Å². The van der Waals surface area contributed by atoms with Crippen LogP contribution in [0, 0.1) is 0 Å². The fourth-order valence-corrected chi connectivity index (χ4v) is 2.12. The first-order valence-corrected chi connectivity index (χ1v) is 7.58. The first-order valence-electron chi connectivity index (χ1n) is 7.58. The number of quaternary nitrogens is 1. The molecular weight excluding hydrogens is 326 g/mol. The van der Waals surface area contributed by atoms with Crippen LogP contribution in [0.15, 0.2) is 40.3 Å². The summed E-state index contributed by atoms with van der Waals surface area (Å²) < 4.78 is 0.993. The van der Waals surface area contributed by atoms with Crippen molar-refractivity contribution < 1.29 is 21.5 Å². The minimum Gasteiger partial charge on any atom is -1.00 e. The van der Waals surface area contributed by atoms with E-state index in [-0.39, 0.29) is 17.0 Å². The smallest absolute Gasteiger partial charge is 0.104 e. The van der Waals surface area contributed by atoms with Gasteiger partial charge in [-0.1, -0.05) is 43.7 Å². The number of hydrogen-bond acceptors (Lipinski definition) is 2. The van der Waals surface area contributed by atoms with Crippen molar-refractivity contribution in [2.75, 3.05) is 33.7 Å². The molecule has 0 bridgehead atoms. The maximum Gasteiger partial charge on any atom is 0.104 e. The van der Waals surface area contributed by atoms with Crippen LogP contribution < -0.4 is 17.0 Å². The highest BCUT2D eigenvalue weighted by Crippen LogP contribution is 2.09. The lowest BCUT2D eigenvalue weighted by Crippen LogP contribution is -3.00. The molecule has 0 spiro atoms. The molecule has 0 aliphatic carbocycles. The number of unbranched alkanes of at least 4 members (excludes halogenated alkanes) is 1. The topological polar surface area (TPSA) is 24.7 Å². The molecular formula is C17H28BrN3. The molecule has 0 unspecified atom stereocenters. The minimum absolute atomic E-state index is 0. The van der Waals surface area contributed by atoms with E-state index >= 15 is 0 Å². The summed E-state index contributed by atoms with van der Waals surface area (Å²) in [6, 6.07) is 13.5. The lowest BCUT2D eigenvalue weighted by molar-refractivity contribution is -0.903. The highest BCUT2D eigenvalue weighted by atomic mass is 79.9. The van der Waals surface area contributed by atoms with Crippen LogP contribution in [0.25, 0.3) is 0 Å². The van der Waals surface area contributed by atoms with Gasteiger partial charge >= 0.3 is 0 Å². The fourth-order valence-electron chi connectivity index (χ4n) is 2.12. The van der Waals surface area contributed by atoms with Crippen LogP contribution in [-0.4, -0.2) is 44.2 Å². The molecule has 1 aromatic rings. The molecule has 0 radical (unpaired) electrons. The van der Waals surface area contributed by atoms with Crippen LogP contribution >= 0.6 is 0 Å². The van der Waals surface area contributed by atoms with Crippen LogP contribution in [0.1, 0.15) is 31.7 Å². The molecule has 0 aromatic heterocycles. The van der Waals surface area contributed by atoms with Gasteiger partial charge in [-0.15, -0.1) is 0 Å². The third kappa shape index (κ3) is 10.4. The number of rotatable bonds is 9. The predicted molar refractivity (Wildman–Crippen MR) is 86.2 cm³/mol. The molecule has 4 heteroatoms. The van der Waals surface area contributed by atoms with Crippen LogP contribution in [0.4, 0.5) is 0 Å². The van der Waals surface area contributed by atoms with Crippen molar-refractivity contribution in [2.45, 2.75) is 32.7 Å². The zero-order valence-corrected chi connectivity index (χ0v) is 15.1. The zero-order chi connectivity index (χ0) is 14.7. The second kappa shape index (κ2) is 11.7. The monoisotopic (exact) mass is 353 g/mol. The van der Waals surface area contributed by atoms with Gasteiger partial charge in [0.25, 0.3) is 0 Å². The Hall–Kier alpha value is -0.960. The van der Waals surface area contributed by atoms with E-state index < -0.39 is 0 Å². The van der Waals surface area contributed by atoms with Crippen molar-refractivity contribution in [1.82, 2.24) is 0 Å². The van der Waals surface area contributed by atoms with E-state index in [1.165, 1.54) is 12.0 Å². The van der Waals surface area contributed by atoms with Gasteiger partial charge in [0, 0.05) is 18.5 Å². The lowest BCUT2D eigenvalue weighted by Gasteiger charge is -2.29. The van der Waals surface area contributed by atoms with Gasteiger partial charge in [-0.05, 0) is 6.42 Å². The molecule has 0 heterocycles. The minimum atomic E-state index is 0. The van der Waals surface area contributed by atoms with Gasteiger partial charge in [-0.3, -0.25) is 0 Å². The summed E-state index contributed by atoms with van der Waals surface area (Å²) in [5.74, 6) is 0. The largest absolute Gasteiger partial charge is 1.00 e. The third-order valence-electron chi connectivity index (χ3n) is 3.25. The zero-order valence-electron chi connectivity index (χ0n) is 13.6. The lowest BCUT2D eigenvalue weighted by atomic mass is 10.2. The molecule has 0 N–H and O–H groups in total. The van der Waals surface area contributed by atoms with Crippen LogP contribution in [0.5, 0.6) is 0 Å². The standard InChI is InChI=1S/C17H28N3.BrH/c1-4-5-12-18-16-19-13-9-14-20(2,3)15-17-10-7-6-8-11-17;/h6-8,10-11H,4-5,9,12-15H2,1-3H3;1H/q+1;/p-1. The Balaban J connectivity index is 0.00000400. The summed E-state index contributed by atoms with van der Waals surface area (Å²) in [6.45, 7) is 6.03. The molecule has 0 saturated heterocycles. The molecule has 3 nitrogen and oxygen atoms in total. The van der Waals surface area contributed by atoms with Crippen molar-refractivity contribution in [3.63, 3.8) is 0 Å². The molecule has 0 aliphatic heterocycles. The molecule has 0 aliphatic rings. The molecule has 0 saturated carbocycles. The van der Waals surface area contributed by atoms with Gasteiger partial charge in [0.05, 0.1) is 33.2 Å². The van der Waals surface area contributed by atoms with Crippen LogP contribution in [-0.2, 0) is 6.54 Å². The molecule has 21 heavy (non-hydrogen) atoms. The van der Waals surface area contributed by atoms with Crippen LogP contribution in [0.3, 0.4) is 0 Å². The van der Waals surface area contributed by atoms with E-state index in [0.717, 1.165) is 43.5 Å². The molecule has 0 fully saturated rings. The second-order valence-electron chi connectivity index (χ2n) is 5.87. The molecule has 0 amide bonds. The Labute approximate surface area is 140 Å². The van der Waals surface area contributed by atoms with E-state index in [1.54, 1.807) is 0 Å². The summed E-state index contributed by atoms with van der Waals surface area (Å²) in [6.07, 6.45) is 3.38. The second-order valence-corrected chi connectivity index (χ2v) is 5.87. The Kier molecular flexibility index (Phi) is 11.1. The molecule has 1 rings (SSSR count). The Morgan fingerprint density at radius 3 is 2.24 bits per heavy atom. The summed E-state index contributed by atoms with van der Waals surface area (Å²) in [5, 5.41) is 0. The summed E-state index contributed by atoms with van der Waals surface area (Å²) in [4.78, 5) is 8.37. The number of hydrogen-bond donors (Lipinski definition) is 0. The highest BCUT2D eigenvalue weighted by molar-refractivity contribution is 5.40. The Bertz CT molecular complexity index is 423. The van der Waals surface area contributed by atoms with E-state index in [2.05, 4.69) is 67.3 Å². The molecule has 0 atom stereocenters. The van der Waals surface area contributed by atoms with Gasteiger partial charge in [0.1, 0.15) is 6.54 Å². The first-order chi connectivity index (χ1) is 9.64. The van der Waals surface area contributed by atoms with Gasteiger partial charge < -0.3 is 21.5 Å². The Morgan fingerprint density at radius 1 is 1.00 bits per heavy atom. The third-order valence-corrected chi connectivity index (χ3v) is 3.25. The number of nitrogens with zero attached hydrogens (tertiary/aromatic N) is 3. The molecule has 1 aromatic carbocycles. The predicted octanol–water partition coefficient (Wildman–Crippen LogP) is 0.631. The molecule has 118 valence electrons. The maximum atomic E-state index is 4.23. The maximum absolute atomic E-state index is 4.23. The van der Waals surface area contributed by atoms with Gasteiger partial charge in [0.2, 0.25) is 0 Å². The van der Waals surface area contributed by atoms with E-state index in [4.69, 9.17) is 0 Å². The number of benzene rings is 1. The van der Waals surface area contributed by atoms with Crippen molar-refractivity contribution >= 4 is 6.01 Å². The Morgan fingerprint density at radius 2 is 1.62 bits per heavy atom. The van der Waals surface area contributed by atoms with E-state index in [9.17, 15) is 0 Å². The van der Waals surface area contributed by atoms with Gasteiger partial charge in [0.15, 0.2) is 0 Å². The normalized spacial score (nSPS) is 10.4. The first kappa shape index (κ1) is 20.0. The quantitative estimate of drug-likeness (QED) is 0.353. The summed E-state index contributed by atoms with van der Waals surface area (Å²) >= 11 is 0. The fraction of sp³-hybridized carbons (Fsp3) is 0.588. The summed E-state index contributed by atoms with van der Waals surface area (Å²) in [5.41, 5.74) is 1.39. The average Bonchev–Trinajstić information content (AvgIpc) is 2.42. The van der Waals surface area contributed by atoms with E-state index in [1.807, 2.05) is 0 Å². The van der Waals surface area contributed by atoms with Crippen molar-refractivity contribution in [1.29, 1.82) is 0 Å². The van der Waals surface area contributed by atoms with E-state index in [0.29, 0.717) is 0 Å². The summed E-state index contributed by atoms with van der Waals surface area (Å²) in [7, 11) is 4.54. The number of halogens is 1. The van der Waals surface area contributed by atoms with Crippen molar-refractivity contribution in [2.24, 2.45) is 9.98 Å². The average molecular weight is 354 g/mol. The SMILES string of the molecule is CCCCN=C=NCCC[N+](C)(C)Cc1ccccc1.[Br-].